The number of carbonyl (C=O) groups excluding carboxylic acids is 1. The fourth-order valence-corrected chi connectivity index (χ4v) is 2.80. The molecular weight excluding hydrogens is 386 g/mol. The van der Waals surface area contributed by atoms with Gasteiger partial charge < -0.3 is 24.3 Å². The lowest BCUT2D eigenvalue weighted by molar-refractivity contribution is -0.142. The lowest BCUT2D eigenvalue weighted by atomic mass is 10.1. The smallest absolute Gasteiger partial charge is 0.329 e. The summed E-state index contributed by atoms with van der Waals surface area (Å²) in [6.07, 6.45) is 2.18. The SMILES string of the molecule is O=C(O)COCCCOc1ccccc1CNC(=O)c1ccc(-c2ccco2)cc1. The highest BCUT2D eigenvalue weighted by Crippen LogP contribution is 2.21. The summed E-state index contributed by atoms with van der Waals surface area (Å²) in [5, 5.41) is 11.4. The Labute approximate surface area is 174 Å². The van der Waals surface area contributed by atoms with E-state index in [1.54, 1.807) is 18.4 Å². The van der Waals surface area contributed by atoms with Crippen molar-refractivity contribution in [2.45, 2.75) is 13.0 Å². The van der Waals surface area contributed by atoms with Gasteiger partial charge in [-0.05, 0) is 30.3 Å². The lowest BCUT2D eigenvalue weighted by Gasteiger charge is -2.12. The van der Waals surface area contributed by atoms with Gasteiger partial charge in [-0.25, -0.2) is 4.79 Å². The molecule has 0 fully saturated rings. The van der Waals surface area contributed by atoms with Gasteiger partial charge >= 0.3 is 5.97 Å². The predicted molar refractivity (Wildman–Crippen MR) is 110 cm³/mol. The quantitative estimate of drug-likeness (QED) is 0.468. The molecule has 156 valence electrons. The third-order valence-corrected chi connectivity index (χ3v) is 4.28. The summed E-state index contributed by atoms with van der Waals surface area (Å²) in [6.45, 7) is 0.702. The Hall–Kier alpha value is -3.58. The van der Waals surface area contributed by atoms with E-state index >= 15 is 0 Å². The highest BCUT2D eigenvalue weighted by molar-refractivity contribution is 5.94. The van der Waals surface area contributed by atoms with Gasteiger partial charge in [0.25, 0.3) is 5.91 Å². The summed E-state index contributed by atoms with van der Waals surface area (Å²) >= 11 is 0. The average Bonchev–Trinajstić information content (AvgIpc) is 3.30. The summed E-state index contributed by atoms with van der Waals surface area (Å²) in [7, 11) is 0. The van der Waals surface area contributed by atoms with Crippen molar-refractivity contribution in [1.29, 1.82) is 0 Å². The number of aliphatic carboxylic acids is 1. The van der Waals surface area contributed by atoms with Crippen LogP contribution in [0.5, 0.6) is 5.75 Å². The van der Waals surface area contributed by atoms with Crippen molar-refractivity contribution in [3.05, 3.63) is 78.1 Å². The minimum absolute atomic E-state index is 0.183. The topological polar surface area (TPSA) is 98.0 Å². The lowest BCUT2D eigenvalue weighted by Crippen LogP contribution is -2.23. The Kier molecular flexibility index (Phi) is 7.63. The molecule has 30 heavy (non-hydrogen) atoms. The molecule has 0 saturated heterocycles. The zero-order valence-electron chi connectivity index (χ0n) is 16.4. The molecule has 0 spiro atoms. The molecule has 0 aliphatic carbocycles. The predicted octanol–water partition coefficient (Wildman–Crippen LogP) is 3.75. The van der Waals surface area contributed by atoms with Gasteiger partial charge in [0, 0.05) is 29.7 Å². The molecule has 0 unspecified atom stereocenters. The number of carboxylic acid groups (broad SMARTS) is 1. The highest BCUT2D eigenvalue weighted by Gasteiger charge is 2.09. The maximum Gasteiger partial charge on any atom is 0.329 e. The van der Waals surface area contributed by atoms with Crippen LogP contribution in [0, 0.1) is 0 Å². The van der Waals surface area contributed by atoms with Gasteiger partial charge in [-0.2, -0.15) is 0 Å². The number of rotatable bonds is 11. The van der Waals surface area contributed by atoms with Crippen molar-refractivity contribution in [2.75, 3.05) is 19.8 Å². The van der Waals surface area contributed by atoms with Crippen LogP contribution in [0.1, 0.15) is 22.3 Å². The molecule has 2 aromatic carbocycles. The summed E-state index contributed by atoms with van der Waals surface area (Å²) in [6, 6.07) is 18.3. The minimum Gasteiger partial charge on any atom is -0.493 e. The fraction of sp³-hybridized carbons (Fsp3) is 0.217. The second kappa shape index (κ2) is 10.8. The van der Waals surface area contributed by atoms with Crippen LogP contribution in [-0.4, -0.2) is 36.8 Å². The van der Waals surface area contributed by atoms with Crippen LogP contribution in [0.3, 0.4) is 0 Å². The molecule has 7 heteroatoms. The first-order valence-corrected chi connectivity index (χ1v) is 9.56. The van der Waals surface area contributed by atoms with Crippen molar-refractivity contribution in [2.24, 2.45) is 0 Å². The van der Waals surface area contributed by atoms with Crippen LogP contribution in [-0.2, 0) is 16.1 Å². The molecule has 3 rings (SSSR count). The van der Waals surface area contributed by atoms with Crippen molar-refractivity contribution >= 4 is 11.9 Å². The molecular formula is C23H23NO6. The van der Waals surface area contributed by atoms with Gasteiger partial charge in [0.15, 0.2) is 0 Å². The molecule has 2 N–H and O–H groups in total. The second-order valence-corrected chi connectivity index (χ2v) is 6.49. The third kappa shape index (κ3) is 6.22. The molecule has 1 amide bonds. The maximum atomic E-state index is 12.5. The number of hydrogen-bond donors (Lipinski definition) is 2. The van der Waals surface area contributed by atoms with E-state index in [-0.39, 0.29) is 12.5 Å². The molecule has 0 radical (unpaired) electrons. The largest absolute Gasteiger partial charge is 0.493 e. The van der Waals surface area contributed by atoms with Crippen LogP contribution in [0.2, 0.25) is 0 Å². The van der Waals surface area contributed by atoms with Gasteiger partial charge in [-0.15, -0.1) is 0 Å². The number of para-hydroxylation sites is 1. The summed E-state index contributed by atoms with van der Waals surface area (Å²) in [5.74, 6) is 0.246. The minimum atomic E-state index is -0.993. The standard InChI is InChI=1S/C23H23NO6/c25-22(26)16-28-12-4-14-30-21-6-2-1-5-19(21)15-24-23(27)18-10-8-17(9-11-18)20-7-3-13-29-20/h1-3,5-11,13H,4,12,14-16H2,(H,24,27)(H,25,26). The Bertz CT molecular complexity index is 950. The fourth-order valence-electron chi connectivity index (χ4n) is 2.80. The number of carbonyl (C=O) groups is 2. The van der Waals surface area contributed by atoms with Gasteiger partial charge in [-0.3, -0.25) is 4.79 Å². The van der Waals surface area contributed by atoms with Gasteiger partial charge in [0.2, 0.25) is 0 Å². The van der Waals surface area contributed by atoms with Crippen LogP contribution < -0.4 is 10.1 Å². The van der Waals surface area contributed by atoms with Crippen molar-refractivity contribution in [1.82, 2.24) is 5.32 Å². The zero-order valence-corrected chi connectivity index (χ0v) is 16.4. The molecule has 1 aromatic heterocycles. The molecule has 7 nitrogen and oxygen atoms in total. The van der Waals surface area contributed by atoms with E-state index in [2.05, 4.69) is 5.32 Å². The molecule has 0 aliphatic heterocycles. The normalized spacial score (nSPS) is 10.5. The van der Waals surface area contributed by atoms with Gasteiger partial charge in [0.05, 0.1) is 19.5 Å². The molecule has 1 heterocycles. The Morgan fingerprint density at radius 3 is 2.50 bits per heavy atom. The number of carboxylic acids is 1. The van der Waals surface area contributed by atoms with Crippen molar-refractivity contribution in [3.63, 3.8) is 0 Å². The van der Waals surface area contributed by atoms with E-state index in [0.29, 0.717) is 37.5 Å². The van der Waals surface area contributed by atoms with E-state index in [1.165, 1.54) is 0 Å². The maximum absolute atomic E-state index is 12.5. The molecule has 0 bridgehead atoms. The number of amides is 1. The number of hydrogen-bond acceptors (Lipinski definition) is 5. The zero-order chi connectivity index (χ0) is 21.2. The number of benzene rings is 2. The van der Waals surface area contributed by atoms with Crippen LogP contribution in [0.15, 0.2) is 71.3 Å². The molecule has 0 saturated carbocycles. The number of nitrogens with one attached hydrogen (secondary N) is 1. The van der Waals surface area contributed by atoms with E-state index < -0.39 is 5.97 Å². The monoisotopic (exact) mass is 409 g/mol. The van der Waals surface area contributed by atoms with E-state index in [4.69, 9.17) is 19.0 Å². The molecule has 3 aromatic rings. The first-order chi connectivity index (χ1) is 14.6. The van der Waals surface area contributed by atoms with Gasteiger partial charge in [0.1, 0.15) is 18.1 Å². The molecule has 0 atom stereocenters. The first kappa shape index (κ1) is 21.1. The van der Waals surface area contributed by atoms with E-state index in [1.807, 2.05) is 48.5 Å². The summed E-state index contributed by atoms with van der Waals surface area (Å²) in [5.41, 5.74) is 2.31. The van der Waals surface area contributed by atoms with Crippen molar-refractivity contribution in [3.8, 4) is 17.1 Å². The molecule has 0 aliphatic rings. The Morgan fingerprint density at radius 2 is 1.77 bits per heavy atom. The highest BCUT2D eigenvalue weighted by atomic mass is 16.5. The van der Waals surface area contributed by atoms with E-state index in [9.17, 15) is 9.59 Å². The van der Waals surface area contributed by atoms with Gasteiger partial charge in [-0.1, -0.05) is 30.3 Å². The first-order valence-electron chi connectivity index (χ1n) is 9.56. The summed E-state index contributed by atoms with van der Waals surface area (Å²) < 4.78 is 16.1. The number of ether oxygens (including phenoxy) is 2. The van der Waals surface area contributed by atoms with Crippen LogP contribution in [0.4, 0.5) is 0 Å². The Morgan fingerprint density at radius 1 is 0.967 bits per heavy atom. The number of furan rings is 1. The van der Waals surface area contributed by atoms with Crippen LogP contribution >= 0.6 is 0 Å². The third-order valence-electron chi connectivity index (χ3n) is 4.28. The van der Waals surface area contributed by atoms with Crippen molar-refractivity contribution < 1.29 is 28.6 Å². The Balaban J connectivity index is 1.49. The van der Waals surface area contributed by atoms with Crippen LogP contribution in [0.25, 0.3) is 11.3 Å². The average molecular weight is 409 g/mol. The van der Waals surface area contributed by atoms with E-state index in [0.717, 1.165) is 16.9 Å². The summed E-state index contributed by atoms with van der Waals surface area (Å²) in [4.78, 5) is 22.9. The second-order valence-electron chi connectivity index (χ2n) is 6.49.